The Balaban J connectivity index is 2.29. The van der Waals surface area contributed by atoms with Gasteiger partial charge in [0.15, 0.2) is 0 Å². The minimum absolute atomic E-state index is 0.0833. The highest BCUT2D eigenvalue weighted by Gasteiger charge is 2.34. The molecule has 5 heteroatoms. The molecule has 0 aliphatic carbocycles. The summed E-state index contributed by atoms with van der Waals surface area (Å²) in [5, 5.41) is 10.9. The Bertz CT molecular complexity index is 456. The smallest absolute Gasteiger partial charge is 0.272 e. The predicted octanol–water partition coefficient (Wildman–Crippen LogP) is 2.67. The first-order valence-electron chi connectivity index (χ1n) is 6.15. The van der Waals surface area contributed by atoms with Crippen molar-refractivity contribution in [3.05, 3.63) is 39.4 Å². The molecule has 0 spiro atoms. The van der Waals surface area contributed by atoms with Crippen molar-refractivity contribution in [3.63, 3.8) is 0 Å². The van der Waals surface area contributed by atoms with Crippen molar-refractivity contribution >= 4 is 17.4 Å². The Hall–Kier alpha value is -1.07. The molecule has 2 N–H and O–H groups in total. The number of nitrogens with zero attached hydrogens (tertiary/aromatic N) is 1. The topological polar surface area (TPSA) is 69.2 Å². The summed E-state index contributed by atoms with van der Waals surface area (Å²) >= 11 is 1.91. The zero-order valence-electron chi connectivity index (χ0n) is 10.5. The van der Waals surface area contributed by atoms with E-state index in [0.717, 1.165) is 29.7 Å². The summed E-state index contributed by atoms with van der Waals surface area (Å²) in [4.78, 5) is 10.6. The maximum atomic E-state index is 10.9. The maximum Gasteiger partial charge on any atom is 0.272 e. The quantitative estimate of drug-likeness (QED) is 0.672. The van der Waals surface area contributed by atoms with Gasteiger partial charge in [0, 0.05) is 22.9 Å². The van der Waals surface area contributed by atoms with Crippen LogP contribution in [0.1, 0.15) is 24.0 Å². The molecular formula is C13H18N2O2S. The molecule has 0 saturated carbocycles. The molecule has 0 amide bonds. The van der Waals surface area contributed by atoms with Crippen molar-refractivity contribution in [2.45, 2.75) is 30.9 Å². The first-order chi connectivity index (χ1) is 8.58. The van der Waals surface area contributed by atoms with Crippen LogP contribution in [0.4, 0.5) is 5.69 Å². The summed E-state index contributed by atoms with van der Waals surface area (Å²) < 4.78 is 0.0833. The van der Waals surface area contributed by atoms with Gasteiger partial charge >= 0.3 is 0 Å². The van der Waals surface area contributed by atoms with E-state index in [1.54, 1.807) is 12.1 Å². The molecule has 4 nitrogen and oxygen atoms in total. The van der Waals surface area contributed by atoms with Crippen LogP contribution >= 0.6 is 11.8 Å². The minimum Gasteiger partial charge on any atom is -0.329 e. The number of hydrogen-bond donors (Lipinski definition) is 1. The molecule has 1 unspecified atom stereocenters. The van der Waals surface area contributed by atoms with Gasteiger partial charge in [0.2, 0.25) is 0 Å². The number of nitrogens with two attached hydrogens (primary N) is 1. The van der Waals surface area contributed by atoms with E-state index in [1.165, 1.54) is 6.42 Å². The molecule has 1 saturated heterocycles. The normalized spacial score (nSPS) is 23.2. The first-order valence-corrected chi connectivity index (χ1v) is 7.13. The van der Waals surface area contributed by atoms with Gasteiger partial charge in [0.05, 0.1) is 4.92 Å². The Morgan fingerprint density at radius 1 is 1.56 bits per heavy atom. The second-order valence-corrected chi connectivity index (χ2v) is 6.40. The third kappa shape index (κ3) is 2.52. The Morgan fingerprint density at radius 2 is 2.33 bits per heavy atom. The van der Waals surface area contributed by atoms with Crippen molar-refractivity contribution in [2.24, 2.45) is 5.73 Å². The first kappa shape index (κ1) is 13.4. The highest BCUT2D eigenvalue weighted by atomic mass is 32.2. The van der Waals surface area contributed by atoms with Crippen molar-refractivity contribution in [1.29, 1.82) is 0 Å². The lowest BCUT2D eigenvalue weighted by atomic mass is 9.91. The van der Waals surface area contributed by atoms with Crippen LogP contribution < -0.4 is 5.73 Å². The van der Waals surface area contributed by atoms with E-state index in [1.807, 2.05) is 24.8 Å². The molecule has 1 aromatic rings. The number of thioether (sulfide) groups is 1. The van der Waals surface area contributed by atoms with Crippen LogP contribution in [0.25, 0.3) is 0 Å². The van der Waals surface area contributed by atoms with Crippen LogP contribution in [0.2, 0.25) is 0 Å². The summed E-state index contributed by atoms with van der Waals surface area (Å²) in [6.07, 6.45) is 3.13. The molecule has 2 rings (SSSR count). The second-order valence-electron chi connectivity index (χ2n) is 4.83. The summed E-state index contributed by atoms with van der Waals surface area (Å²) in [6.45, 7) is 2.47. The highest BCUT2D eigenvalue weighted by Crippen LogP contribution is 2.41. The number of rotatable bonds is 4. The number of benzene rings is 1. The Morgan fingerprint density at radius 3 is 2.89 bits per heavy atom. The molecule has 1 aromatic carbocycles. The van der Waals surface area contributed by atoms with Gasteiger partial charge in [-0.25, -0.2) is 0 Å². The predicted molar refractivity (Wildman–Crippen MR) is 75.0 cm³/mol. The third-order valence-electron chi connectivity index (χ3n) is 3.68. The van der Waals surface area contributed by atoms with E-state index in [-0.39, 0.29) is 15.4 Å². The minimum atomic E-state index is -0.310. The highest BCUT2D eigenvalue weighted by molar-refractivity contribution is 8.00. The fourth-order valence-corrected chi connectivity index (χ4v) is 3.92. The molecule has 0 aromatic heterocycles. The van der Waals surface area contributed by atoms with Crippen LogP contribution in [0.3, 0.4) is 0 Å². The lowest BCUT2D eigenvalue weighted by Gasteiger charge is -2.27. The van der Waals surface area contributed by atoms with Crippen LogP contribution in [-0.2, 0) is 6.42 Å². The second kappa shape index (κ2) is 5.28. The summed E-state index contributed by atoms with van der Waals surface area (Å²) in [5.74, 6) is 1.14. The zero-order valence-corrected chi connectivity index (χ0v) is 11.3. The van der Waals surface area contributed by atoms with Crippen molar-refractivity contribution in [1.82, 2.24) is 0 Å². The SMILES string of the molecule is Cc1c(CC2(CN)CCCS2)cccc1[N+](=O)[O-]. The van der Waals surface area contributed by atoms with Crippen LogP contribution in [0.5, 0.6) is 0 Å². The van der Waals surface area contributed by atoms with Crippen molar-refractivity contribution in [3.8, 4) is 0 Å². The maximum absolute atomic E-state index is 10.9. The van der Waals surface area contributed by atoms with Crippen LogP contribution in [-0.4, -0.2) is 22.0 Å². The van der Waals surface area contributed by atoms with E-state index >= 15 is 0 Å². The van der Waals surface area contributed by atoms with Gasteiger partial charge in [-0.15, -0.1) is 0 Å². The fraction of sp³-hybridized carbons (Fsp3) is 0.538. The standard InChI is InChI=1S/C13H18N2O2S/c1-10-11(4-2-5-12(10)15(16)17)8-13(9-14)6-3-7-18-13/h2,4-5H,3,6-9,14H2,1H3. The van der Waals surface area contributed by atoms with Gasteiger partial charge in [-0.3, -0.25) is 10.1 Å². The summed E-state index contributed by atoms with van der Waals surface area (Å²) in [6, 6.07) is 5.32. The van der Waals surface area contributed by atoms with Crippen LogP contribution in [0, 0.1) is 17.0 Å². The van der Waals surface area contributed by atoms with E-state index < -0.39 is 0 Å². The Labute approximate surface area is 111 Å². The van der Waals surface area contributed by atoms with Crippen LogP contribution in [0.15, 0.2) is 18.2 Å². The molecule has 0 bridgehead atoms. The molecule has 1 heterocycles. The molecular weight excluding hydrogens is 248 g/mol. The summed E-state index contributed by atoms with van der Waals surface area (Å²) in [7, 11) is 0. The molecule has 18 heavy (non-hydrogen) atoms. The fourth-order valence-electron chi connectivity index (χ4n) is 2.53. The van der Waals surface area contributed by atoms with E-state index in [4.69, 9.17) is 5.73 Å². The monoisotopic (exact) mass is 266 g/mol. The van der Waals surface area contributed by atoms with Gasteiger partial charge in [-0.05, 0) is 37.5 Å². The lowest BCUT2D eigenvalue weighted by molar-refractivity contribution is -0.385. The van der Waals surface area contributed by atoms with Gasteiger partial charge in [0.1, 0.15) is 0 Å². The zero-order chi connectivity index (χ0) is 13.2. The Kier molecular flexibility index (Phi) is 3.92. The van der Waals surface area contributed by atoms with Gasteiger partial charge in [0.25, 0.3) is 5.69 Å². The number of hydrogen-bond acceptors (Lipinski definition) is 4. The van der Waals surface area contributed by atoms with Crippen molar-refractivity contribution < 1.29 is 4.92 Å². The molecule has 0 radical (unpaired) electrons. The van der Waals surface area contributed by atoms with Gasteiger partial charge in [-0.2, -0.15) is 11.8 Å². The molecule has 1 fully saturated rings. The summed E-state index contributed by atoms with van der Waals surface area (Å²) in [5.41, 5.74) is 7.96. The molecule has 1 atom stereocenters. The third-order valence-corrected chi connectivity index (χ3v) is 5.30. The average molecular weight is 266 g/mol. The number of nitro benzene ring substituents is 1. The number of nitro groups is 1. The van der Waals surface area contributed by atoms with Gasteiger partial charge in [-0.1, -0.05) is 12.1 Å². The lowest BCUT2D eigenvalue weighted by Crippen LogP contribution is -2.34. The molecule has 1 aliphatic heterocycles. The largest absolute Gasteiger partial charge is 0.329 e. The van der Waals surface area contributed by atoms with Gasteiger partial charge < -0.3 is 5.73 Å². The van der Waals surface area contributed by atoms with E-state index in [0.29, 0.717) is 6.54 Å². The molecule has 1 aliphatic rings. The molecule has 98 valence electrons. The van der Waals surface area contributed by atoms with E-state index in [2.05, 4.69) is 0 Å². The van der Waals surface area contributed by atoms with Crippen molar-refractivity contribution in [2.75, 3.05) is 12.3 Å². The van der Waals surface area contributed by atoms with E-state index in [9.17, 15) is 10.1 Å². The average Bonchev–Trinajstić information content (AvgIpc) is 2.81.